The van der Waals surface area contributed by atoms with Crippen LogP contribution in [0.4, 0.5) is 5.69 Å². The van der Waals surface area contributed by atoms with Crippen LogP contribution in [0.15, 0.2) is 22.7 Å². The van der Waals surface area contributed by atoms with Crippen molar-refractivity contribution in [3.05, 3.63) is 22.7 Å². The monoisotopic (exact) mass is 298 g/mol. The van der Waals surface area contributed by atoms with Crippen LogP contribution < -0.4 is 10.5 Å². The normalized spacial score (nSPS) is 14.5. The molecule has 0 spiro atoms. The first-order valence-electron chi connectivity index (χ1n) is 5.51. The fourth-order valence-corrected chi connectivity index (χ4v) is 1.90. The van der Waals surface area contributed by atoms with Gasteiger partial charge in [-0.1, -0.05) is 0 Å². The molecule has 0 aromatic heterocycles. The van der Waals surface area contributed by atoms with Crippen LogP contribution in [0.25, 0.3) is 0 Å². The Morgan fingerprint density at radius 2 is 2.29 bits per heavy atom. The molecule has 5 heteroatoms. The summed E-state index contributed by atoms with van der Waals surface area (Å²) in [4.78, 5) is 13.5. The zero-order valence-corrected chi connectivity index (χ0v) is 11.2. The third kappa shape index (κ3) is 3.12. The molecule has 2 rings (SSSR count). The number of nitrogen functional groups attached to an aromatic ring is 1. The summed E-state index contributed by atoms with van der Waals surface area (Å²) < 4.78 is 6.26. The van der Waals surface area contributed by atoms with Crippen LogP contribution in [-0.4, -0.2) is 30.5 Å². The molecule has 1 aliphatic carbocycles. The standard InChI is InChI=1S/C12H15BrN2O2/c1-15(9-3-4-9)12(16)7-17-11-6-8(14)2-5-10(11)13/h2,5-6,9H,3-4,7,14H2,1H3. The molecule has 17 heavy (non-hydrogen) atoms. The number of amides is 1. The molecule has 0 radical (unpaired) electrons. The summed E-state index contributed by atoms with van der Waals surface area (Å²) in [6.07, 6.45) is 2.20. The minimum absolute atomic E-state index is 0.00169. The van der Waals surface area contributed by atoms with Gasteiger partial charge in [0, 0.05) is 24.8 Å². The number of halogens is 1. The first-order valence-corrected chi connectivity index (χ1v) is 6.30. The second-order valence-electron chi connectivity index (χ2n) is 4.21. The van der Waals surface area contributed by atoms with Gasteiger partial charge in [-0.25, -0.2) is 0 Å². The van der Waals surface area contributed by atoms with Crippen molar-refractivity contribution < 1.29 is 9.53 Å². The number of ether oxygens (including phenoxy) is 1. The van der Waals surface area contributed by atoms with Gasteiger partial charge in [0.15, 0.2) is 6.61 Å². The summed E-state index contributed by atoms with van der Waals surface area (Å²) in [5, 5.41) is 0. The summed E-state index contributed by atoms with van der Waals surface area (Å²) in [6.45, 7) is 0.0506. The highest BCUT2D eigenvalue weighted by Gasteiger charge is 2.29. The summed E-state index contributed by atoms with van der Waals surface area (Å²) in [5.41, 5.74) is 6.27. The Labute approximate surface area is 109 Å². The van der Waals surface area contributed by atoms with Crippen molar-refractivity contribution in [3.8, 4) is 5.75 Å². The zero-order chi connectivity index (χ0) is 12.4. The van der Waals surface area contributed by atoms with Crippen LogP contribution >= 0.6 is 15.9 Å². The van der Waals surface area contributed by atoms with E-state index in [-0.39, 0.29) is 12.5 Å². The molecule has 0 aliphatic heterocycles. The fraction of sp³-hybridized carbons (Fsp3) is 0.417. The lowest BCUT2D eigenvalue weighted by Gasteiger charge is -2.17. The van der Waals surface area contributed by atoms with E-state index in [1.807, 2.05) is 7.05 Å². The van der Waals surface area contributed by atoms with Crippen molar-refractivity contribution in [1.29, 1.82) is 0 Å². The number of nitrogens with two attached hydrogens (primary N) is 1. The molecule has 2 N–H and O–H groups in total. The van der Waals surface area contributed by atoms with Crippen LogP contribution in [0, 0.1) is 0 Å². The maximum atomic E-state index is 11.7. The van der Waals surface area contributed by atoms with Crippen molar-refractivity contribution >= 4 is 27.5 Å². The van der Waals surface area contributed by atoms with Gasteiger partial charge < -0.3 is 15.4 Å². The summed E-state index contributed by atoms with van der Waals surface area (Å²) in [7, 11) is 1.82. The number of carbonyl (C=O) groups excluding carboxylic acids is 1. The molecule has 0 atom stereocenters. The number of benzene rings is 1. The maximum Gasteiger partial charge on any atom is 0.260 e. The minimum atomic E-state index is 0.00169. The average Bonchev–Trinajstić information content (AvgIpc) is 3.13. The van der Waals surface area contributed by atoms with E-state index in [4.69, 9.17) is 10.5 Å². The Morgan fingerprint density at radius 1 is 1.59 bits per heavy atom. The van der Waals surface area contributed by atoms with E-state index in [1.165, 1.54) is 0 Å². The lowest BCUT2D eigenvalue weighted by molar-refractivity contribution is -0.132. The van der Waals surface area contributed by atoms with Crippen molar-refractivity contribution in [2.24, 2.45) is 0 Å². The number of rotatable bonds is 4. The van der Waals surface area contributed by atoms with E-state index in [2.05, 4.69) is 15.9 Å². The summed E-state index contributed by atoms with van der Waals surface area (Å²) >= 11 is 3.35. The molecule has 1 aromatic rings. The summed E-state index contributed by atoms with van der Waals surface area (Å²) in [5.74, 6) is 0.601. The smallest absolute Gasteiger partial charge is 0.260 e. The lowest BCUT2D eigenvalue weighted by atomic mass is 10.3. The van der Waals surface area contributed by atoms with E-state index in [0.717, 1.165) is 17.3 Å². The third-order valence-corrected chi connectivity index (χ3v) is 3.45. The quantitative estimate of drug-likeness (QED) is 0.866. The Kier molecular flexibility index (Phi) is 3.57. The van der Waals surface area contributed by atoms with Gasteiger partial charge in [-0.15, -0.1) is 0 Å². The van der Waals surface area contributed by atoms with Gasteiger partial charge in [0.2, 0.25) is 0 Å². The molecule has 1 amide bonds. The van der Waals surface area contributed by atoms with Crippen LogP contribution in [0.2, 0.25) is 0 Å². The molecular formula is C12H15BrN2O2. The second-order valence-corrected chi connectivity index (χ2v) is 5.07. The van der Waals surface area contributed by atoms with Gasteiger partial charge in [-0.3, -0.25) is 4.79 Å². The molecule has 1 fully saturated rings. The predicted molar refractivity (Wildman–Crippen MR) is 69.8 cm³/mol. The summed E-state index contributed by atoms with van der Waals surface area (Å²) in [6, 6.07) is 5.69. The van der Waals surface area contributed by atoms with Gasteiger partial charge in [-0.2, -0.15) is 0 Å². The van der Waals surface area contributed by atoms with Gasteiger partial charge >= 0.3 is 0 Å². The van der Waals surface area contributed by atoms with Crippen LogP contribution in [0.1, 0.15) is 12.8 Å². The molecule has 1 aliphatic rings. The molecule has 92 valence electrons. The van der Waals surface area contributed by atoms with Crippen LogP contribution in [-0.2, 0) is 4.79 Å². The molecule has 0 heterocycles. The highest BCUT2D eigenvalue weighted by molar-refractivity contribution is 9.10. The average molecular weight is 299 g/mol. The Hall–Kier alpha value is -1.23. The van der Waals surface area contributed by atoms with E-state index in [9.17, 15) is 4.79 Å². The Morgan fingerprint density at radius 3 is 2.94 bits per heavy atom. The number of anilines is 1. The Balaban J connectivity index is 1.92. The molecule has 0 saturated heterocycles. The second kappa shape index (κ2) is 4.96. The molecular weight excluding hydrogens is 284 g/mol. The first kappa shape index (κ1) is 12.2. The van der Waals surface area contributed by atoms with E-state index < -0.39 is 0 Å². The van der Waals surface area contributed by atoms with Crippen molar-refractivity contribution in [2.75, 3.05) is 19.4 Å². The van der Waals surface area contributed by atoms with Crippen molar-refractivity contribution in [1.82, 2.24) is 4.90 Å². The SMILES string of the molecule is CN(C(=O)COc1cc(N)ccc1Br)C1CC1. The molecule has 0 unspecified atom stereocenters. The highest BCUT2D eigenvalue weighted by Crippen LogP contribution is 2.28. The molecule has 0 bridgehead atoms. The van der Waals surface area contributed by atoms with Crippen LogP contribution in [0.3, 0.4) is 0 Å². The molecule has 1 saturated carbocycles. The molecule has 4 nitrogen and oxygen atoms in total. The van der Waals surface area contributed by atoms with Crippen LogP contribution in [0.5, 0.6) is 5.75 Å². The van der Waals surface area contributed by atoms with E-state index in [1.54, 1.807) is 23.1 Å². The minimum Gasteiger partial charge on any atom is -0.483 e. The molecule has 1 aromatic carbocycles. The van der Waals surface area contributed by atoms with Gasteiger partial charge in [-0.05, 0) is 40.9 Å². The van der Waals surface area contributed by atoms with Gasteiger partial charge in [0.05, 0.1) is 4.47 Å². The fourth-order valence-electron chi connectivity index (χ4n) is 1.54. The number of carbonyl (C=O) groups is 1. The van der Waals surface area contributed by atoms with E-state index in [0.29, 0.717) is 17.5 Å². The number of nitrogens with zero attached hydrogens (tertiary/aromatic N) is 1. The third-order valence-electron chi connectivity index (χ3n) is 2.79. The number of hydrogen-bond donors (Lipinski definition) is 1. The Bertz CT molecular complexity index is 433. The van der Waals surface area contributed by atoms with E-state index >= 15 is 0 Å². The first-order chi connectivity index (χ1) is 8.08. The van der Waals surface area contributed by atoms with Crippen molar-refractivity contribution in [3.63, 3.8) is 0 Å². The number of likely N-dealkylation sites (N-methyl/N-ethyl adjacent to an activating group) is 1. The lowest BCUT2D eigenvalue weighted by Crippen LogP contribution is -2.33. The van der Waals surface area contributed by atoms with Gasteiger partial charge in [0.1, 0.15) is 5.75 Å². The largest absolute Gasteiger partial charge is 0.483 e. The highest BCUT2D eigenvalue weighted by atomic mass is 79.9. The zero-order valence-electron chi connectivity index (χ0n) is 9.65. The number of hydrogen-bond acceptors (Lipinski definition) is 3. The predicted octanol–water partition coefficient (Wildman–Crippen LogP) is 2.03. The topological polar surface area (TPSA) is 55.6 Å². The maximum absolute atomic E-state index is 11.7. The van der Waals surface area contributed by atoms with Crippen molar-refractivity contribution in [2.45, 2.75) is 18.9 Å². The van der Waals surface area contributed by atoms with Gasteiger partial charge in [0.25, 0.3) is 5.91 Å².